The predicted molar refractivity (Wildman–Crippen MR) is 89.6 cm³/mol. The van der Waals surface area contributed by atoms with Crippen molar-refractivity contribution in [1.82, 2.24) is 10.2 Å². The highest BCUT2D eigenvalue weighted by molar-refractivity contribution is 7.99. The summed E-state index contributed by atoms with van der Waals surface area (Å²) >= 11 is 1.87. The molecular weight excluding hydrogens is 298 g/mol. The van der Waals surface area contributed by atoms with Crippen LogP contribution in [-0.2, 0) is 0 Å². The molecule has 0 atom stereocenters. The molecule has 22 heavy (non-hydrogen) atoms. The first-order valence-electron chi connectivity index (χ1n) is 7.68. The van der Waals surface area contributed by atoms with Crippen molar-refractivity contribution in [3.63, 3.8) is 0 Å². The third-order valence-corrected chi connectivity index (χ3v) is 4.89. The first kappa shape index (κ1) is 15.2. The number of rotatable bonds is 3. The zero-order valence-corrected chi connectivity index (χ0v) is 13.5. The lowest BCUT2D eigenvalue weighted by atomic mass is 10.1. The molecule has 3 rings (SSSR count). The Morgan fingerprint density at radius 2 is 1.95 bits per heavy atom. The van der Waals surface area contributed by atoms with Gasteiger partial charge in [0.2, 0.25) is 0 Å². The van der Waals surface area contributed by atoms with E-state index >= 15 is 0 Å². The number of amides is 3. The molecule has 2 aliphatic rings. The Bertz CT molecular complexity index is 581. The Balaban J connectivity index is 1.68. The van der Waals surface area contributed by atoms with Gasteiger partial charge in [0.05, 0.1) is 0 Å². The highest BCUT2D eigenvalue weighted by atomic mass is 32.2. The van der Waals surface area contributed by atoms with E-state index in [9.17, 15) is 9.59 Å². The summed E-state index contributed by atoms with van der Waals surface area (Å²) in [7, 11) is 0. The van der Waals surface area contributed by atoms with E-state index in [4.69, 9.17) is 0 Å². The highest BCUT2D eigenvalue weighted by Gasteiger charge is 2.24. The van der Waals surface area contributed by atoms with E-state index in [1.54, 1.807) is 12.1 Å². The molecule has 2 fully saturated rings. The van der Waals surface area contributed by atoms with Gasteiger partial charge in [0.15, 0.2) is 0 Å². The van der Waals surface area contributed by atoms with E-state index in [1.165, 1.54) is 0 Å². The van der Waals surface area contributed by atoms with Crippen molar-refractivity contribution in [2.45, 2.75) is 25.8 Å². The number of urea groups is 1. The SMILES string of the molecule is Cc1ccc(C(=O)NC2CC2)cc1NC(=O)N1CCSCC1. The van der Waals surface area contributed by atoms with Crippen LogP contribution >= 0.6 is 11.8 Å². The van der Waals surface area contributed by atoms with Gasteiger partial charge in [-0.15, -0.1) is 0 Å². The molecule has 1 aliphatic heterocycles. The molecule has 0 spiro atoms. The fourth-order valence-electron chi connectivity index (χ4n) is 2.36. The molecule has 0 aromatic heterocycles. The average molecular weight is 319 g/mol. The van der Waals surface area contributed by atoms with E-state index in [-0.39, 0.29) is 11.9 Å². The van der Waals surface area contributed by atoms with Crippen molar-refractivity contribution in [1.29, 1.82) is 0 Å². The zero-order valence-electron chi connectivity index (χ0n) is 12.7. The Morgan fingerprint density at radius 1 is 1.23 bits per heavy atom. The Labute approximate surface area is 134 Å². The Morgan fingerprint density at radius 3 is 2.64 bits per heavy atom. The molecule has 0 unspecified atom stereocenters. The van der Waals surface area contributed by atoms with Crippen molar-refractivity contribution in [2.24, 2.45) is 0 Å². The third-order valence-electron chi connectivity index (χ3n) is 3.95. The monoisotopic (exact) mass is 319 g/mol. The van der Waals surface area contributed by atoms with Crippen LogP contribution in [0.25, 0.3) is 0 Å². The first-order chi connectivity index (χ1) is 10.6. The minimum absolute atomic E-state index is 0.0626. The summed E-state index contributed by atoms with van der Waals surface area (Å²) in [5, 5.41) is 5.91. The van der Waals surface area contributed by atoms with Crippen molar-refractivity contribution < 1.29 is 9.59 Å². The van der Waals surface area contributed by atoms with E-state index in [0.29, 0.717) is 17.3 Å². The molecule has 5 nitrogen and oxygen atoms in total. The van der Waals surface area contributed by atoms with Crippen LogP contribution in [0, 0.1) is 6.92 Å². The van der Waals surface area contributed by atoms with Crippen molar-refractivity contribution in [3.05, 3.63) is 29.3 Å². The summed E-state index contributed by atoms with van der Waals surface area (Å²) in [4.78, 5) is 26.2. The summed E-state index contributed by atoms with van der Waals surface area (Å²) < 4.78 is 0. The maximum atomic E-state index is 12.3. The number of nitrogens with one attached hydrogen (secondary N) is 2. The minimum atomic E-state index is -0.0804. The summed E-state index contributed by atoms with van der Waals surface area (Å²) in [5.74, 6) is 1.90. The van der Waals surface area contributed by atoms with Gasteiger partial charge >= 0.3 is 6.03 Å². The summed E-state index contributed by atoms with van der Waals surface area (Å²) in [6.07, 6.45) is 2.13. The van der Waals surface area contributed by atoms with E-state index in [2.05, 4.69) is 10.6 Å². The largest absolute Gasteiger partial charge is 0.349 e. The first-order valence-corrected chi connectivity index (χ1v) is 8.84. The van der Waals surface area contributed by atoms with Crippen molar-refractivity contribution in [2.75, 3.05) is 29.9 Å². The lowest BCUT2D eigenvalue weighted by Gasteiger charge is -2.27. The Kier molecular flexibility index (Phi) is 4.57. The van der Waals surface area contributed by atoms with Crippen LogP contribution in [-0.4, -0.2) is 47.5 Å². The second-order valence-electron chi connectivity index (χ2n) is 5.81. The number of carbonyl (C=O) groups excluding carboxylic acids is 2. The number of anilines is 1. The lowest BCUT2D eigenvalue weighted by molar-refractivity contribution is 0.0951. The zero-order chi connectivity index (χ0) is 15.5. The summed E-state index contributed by atoms with van der Waals surface area (Å²) in [6, 6.07) is 5.70. The fourth-order valence-corrected chi connectivity index (χ4v) is 3.26. The van der Waals surface area contributed by atoms with Gasteiger partial charge in [-0.05, 0) is 37.5 Å². The highest BCUT2D eigenvalue weighted by Crippen LogP contribution is 2.22. The van der Waals surface area contributed by atoms with Crippen LogP contribution in [0.1, 0.15) is 28.8 Å². The molecule has 0 radical (unpaired) electrons. The molecule has 1 saturated heterocycles. The second kappa shape index (κ2) is 6.60. The van der Waals surface area contributed by atoms with Crippen LogP contribution in [0.15, 0.2) is 18.2 Å². The predicted octanol–water partition coefficient (Wildman–Crippen LogP) is 2.47. The molecule has 1 saturated carbocycles. The number of thioether (sulfide) groups is 1. The quantitative estimate of drug-likeness (QED) is 0.900. The maximum absolute atomic E-state index is 12.3. The maximum Gasteiger partial charge on any atom is 0.321 e. The van der Waals surface area contributed by atoms with Crippen LogP contribution < -0.4 is 10.6 Å². The van der Waals surface area contributed by atoms with Gasteiger partial charge in [-0.25, -0.2) is 4.79 Å². The number of benzene rings is 1. The number of hydrogen-bond acceptors (Lipinski definition) is 3. The molecule has 6 heteroatoms. The number of nitrogens with zero attached hydrogens (tertiary/aromatic N) is 1. The minimum Gasteiger partial charge on any atom is -0.349 e. The van der Waals surface area contributed by atoms with E-state index in [1.807, 2.05) is 29.7 Å². The molecule has 1 aliphatic carbocycles. The number of carbonyl (C=O) groups is 2. The third kappa shape index (κ3) is 3.74. The molecule has 3 amide bonds. The smallest absolute Gasteiger partial charge is 0.321 e. The van der Waals surface area contributed by atoms with Gasteiger partial charge < -0.3 is 15.5 Å². The van der Waals surface area contributed by atoms with Crippen LogP contribution in [0.3, 0.4) is 0 Å². The van der Waals surface area contributed by atoms with Crippen molar-refractivity contribution in [3.8, 4) is 0 Å². The van der Waals surface area contributed by atoms with Crippen molar-refractivity contribution >= 4 is 29.4 Å². The van der Waals surface area contributed by atoms with Gasteiger partial charge in [-0.2, -0.15) is 11.8 Å². The standard InChI is InChI=1S/C16H21N3O2S/c1-11-2-3-12(15(20)17-13-4-5-13)10-14(11)18-16(21)19-6-8-22-9-7-19/h2-3,10,13H,4-9H2,1H3,(H,17,20)(H,18,21). The second-order valence-corrected chi connectivity index (χ2v) is 7.03. The summed E-state index contributed by atoms with van der Waals surface area (Å²) in [6.45, 7) is 3.49. The molecule has 2 N–H and O–H groups in total. The van der Waals surface area contributed by atoms with Crippen LogP contribution in [0.2, 0.25) is 0 Å². The van der Waals surface area contributed by atoms with Gasteiger partial charge in [0, 0.05) is 41.9 Å². The molecule has 118 valence electrons. The molecule has 1 aromatic rings. The molecule has 1 aromatic carbocycles. The van der Waals surface area contributed by atoms with Crippen LogP contribution in [0.5, 0.6) is 0 Å². The lowest BCUT2D eigenvalue weighted by Crippen LogP contribution is -2.40. The van der Waals surface area contributed by atoms with E-state index < -0.39 is 0 Å². The molecular formula is C16H21N3O2S. The molecule has 0 bridgehead atoms. The van der Waals surface area contributed by atoms with Crippen LogP contribution in [0.4, 0.5) is 10.5 Å². The van der Waals surface area contributed by atoms with Gasteiger partial charge in [0.1, 0.15) is 0 Å². The normalized spacial score (nSPS) is 18.0. The van der Waals surface area contributed by atoms with Gasteiger partial charge in [0.25, 0.3) is 5.91 Å². The summed E-state index contributed by atoms with van der Waals surface area (Å²) in [5.41, 5.74) is 2.27. The van der Waals surface area contributed by atoms with Gasteiger partial charge in [-0.1, -0.05) is 6.07 Å². The fraction of sp³-hybridized carbons (Fsp3) is 0.500. The van der Waals surface area contributed by atoms with E-state index in [0.717, 1.165) is 43.0 Å². The number of aryl methyl sites for hydroxylation is 1. The van der Waals surface area contributed by atoms with Gasteiger partial charge in [-0.3, -0.25) is 4.79 Å². The molecule has 1 heterocycles. The average Bonchev–Trinajstić information content (AvgIpc) is 3.34. The number of hydrogen-bond donors (Lipinski definition) is 2. The Hall–Kier alpha value is -1.69. The topological polar surface area (TPSA) is 61.4 Å².